The molecule has 4 rings (SSSR count). The second-order valence-corrected chi connectivity index (χ2v) is 12.6. The maximum Gasteiger partial charge on any atom is 0.265 e. The van der Waals surface area contributed by atoms with Crippen LogP contribution in [-0.4, -0.2) is 25.6 Å². The smallest absolute Gasteiger partial charge is 0.265 e. The number of benzene rings is 2. The molecule has 0 bridgehead atoms. The molecule has 0 aliphatic carbocycles. The van der Waals surface area contributed by atoms with E-state index < -0.39 is 14.6 Å². The van der Waals surface area contributed by atoms with Gasteiger partial charge < -0.3 is 10.1 Å². The number of amides is 1. The maximum absolute atomic E-state index is 12.9. The van der Waals surface area contributed by atoms with Gasteiger partial charge in [-0.1, -0.05) is 35.3 Å². The van der Waals surface area contributed by atoms with E-state index in [1.165, 1.54) is 23.7 Å². The normalized spacial score (nSPS) is 12.0. The Labute approximate surface area is 211 Å². The molecule has 0 saturated carbocycles. The molecule has 2 heterocycles. The first-order valence-electron chi connectivity index (χ1n) is 10.1. The van der Waals surface area contributed by atoms with Crippen molar-refractivity contribution in [2.75, 3.05) is 11.6 Å². The molecule has 0 radical (unpaired) electrons. The van der Waals surface area contributed by atoms with Gasteiger partial charge in [0.1, 0.15) is 10.9 Å². The number of fused-ring (bicyclic) bond motifs is 1. The van der Waals surface area contributed by atoms with Crippen LogP contribution in [0.4, 0.5) is 5.69 Å². The second kappa shape index (κ2) is 9.19. The minimum absolute atomic E-state index is 0.152. The van der Waals surface area contributed by atoms with Crippen LogP contribution in [0.15, 0.2) is 60.7 Å². The summed E-state index contributed by atoms with van der Waals surface area (Å²) in [6.07, 6.45) is 1.22. The Bertz CT molecular complexity index is 1510. The van der Waals surface area contributed by atoms with Crippen molar-refractivity contribution in [3.8, 4) is 11.6 Å². The third kappa shape index (κ3) is 5.20. The fourth-order valence-electron chi connectivity index (χ4n) is 3.19. The van der Waals surface area contributed by atoms with E-state index in [1.54, 1.807) is 56.3 Å². The number of nitrogens with one attached hydrogen (secondary N) is 1. The van der Waals surface area contributed by atoms with Gasteiger partial charge in [-0.05, 0) is 67.3 Å². The minimum Gasteiger partial charge on any atom is -0.439 e. The van der Waals surface area contributed by atoms with Crippen LogP contribution in [0.1, 0.15) is 29.1 Å². The second-order valence-electron chi connectivity index (χ2n) is 8.18. The van der Waals surface area contributed by atoms with Crippen molar-refractivity contribution < 1.29 is 17.9 Å². The maximum atomic E-state index is 12.9. The number of rotatable bonds is 6. The Kier molecular flexibility index (Phi) is 6.61. The fourth-order valence-corrected chi connectivity index (χ4v) is 5.06. The van der Waals surface area contributed by atoms with Crippen molar-refractivity contribution >= 4 is 66.1 Å². The predicted octanol–water partition coefficient (Wildman–Crippen LogP) is 6.93. The minimum atomic E-state index is -3.32. The van der Waals surface area contributed by atoms with Crippen LogP contribution in [0.3, 0.4) is 0 Å². The Hall–Kier alpha value is -2.65. The number of hydrogen-bond acceptors (Lipinski definition) is 6. The lowest BCUT2D eigenvalue weighted by Gasteiger charge is -2.23. The molecular formula is C24H20Cl2N2O4S2. The highest BCUT2D eigenvalue weighted by molar-refractivity contribution is 7.91. The molecule has 4 aromatic rings. The Morgan fingerprint density at radius 1 is 1.06 bits per heavy atom. The van der Waals surface area contributed by atoms with Crippen LogP contribution >= 0.6 is 34.5 Å². The molecule has 6 nitrogen and oxygen atoms in total. The zero-order valence-electron chi connectivity index (χ0n) is 18.4. The van der Waals surface area contributed by atoms with Gasteiger partial charge >= 0.3 is 0 Å². The number of pyridine rings is 1. The molecule has 34 heavy (non-hydrogen) atoms. The van der Waals surface area contributed by atoms with Gasteiger partial charge in [0.05, 0.1) is 9.62 Å². The average molecular weight is 535 g/mol. The summed E-state index contributed by atoms with van der Waals surface area (Å²) in [5, 5.41) is 4.27. The van der Waals surface area contributed by atoms with E-state index in [0.29, 0.717) is 26.9 Å². The lowest BCUT2D eigenvalue weighted by Crippen LogP contribution is -2.27. The van der Waals surface area contributed by atoms with Crippen molar-refractivity contribution in [3.05, 3.63) is 81.3 Å². The van der Waals surface area contributed by atoms with E-state index in [-0.39, 0.29) is 16.9 Å². The molecule has 0 spiro atoms. The van der Waals surface area contributed by atoms with Crippen LogP contribution in [0, 0.1) is 0 Å². The van der Waals surface area contributed by atoms with Gasteiger partial charge in [0, 0.05) is 27.7 Å². The van der Waals surface area contributed by atoms with Crippen LogP contribution in [-0.2, 0) is 14.6 Å². The van der Waals surface area contributed by atoms with Crippen molar-refractivity contribution in [2.24, 2.45) is 0 Å². The lowest BCUT2D eigenvalue weighted by molar-refractivity contribution is 0.103. The Morgan fingerprint density at radius 3 is 2.53 bits per heavy atom. The van der Waals surface area contributed by atoms with E-state index in [9.17, 15) is 13.2 Å². The number of nitrogens with zero attached hydrogens (tertiary/aromatic N) is 1. The first-order valence-corrected chi connectivity index (χ1v) is 13.5. The molecule has 0 fully saturated rings. The largest absolute Gasteiger partial charge is 0.439 e. The number of sulfone groups is 1. The summed E-state index contributed by atoms with van der Waals surface area (Å²) in [4.78, 5) is 17.5. The topological polar surface area (TPSA) is 85.4 Å². The van der Waals surface area contributed by atoms with E-state index >= 15 is 0 Å². The van der Waals surface area contributed by atoms with Crippen LogP contribution in [0.25, 0.3) is 10.1 Å². The van der Waals surface area contributed by atoms with Gasteiger partial charge in [-0.2, -0.15) is 0 Å². The third-order valence-corrected chi connectivity index (χ3v) is 9.04. The molecule has 176 valence electrons. The Morgan fingerprint density at radius 2 is 1.82 bits per heavy atom. The SMILES string of the molecule is CC(C)(c1ccc2sc(C(=O)Nc3cc(Cl)nc(Oc4cccc(Cl)c4)c3)cc2c1)S(C)(=O)=O. The molecule has 0 saturated heterocycles. The summed E-state index contributed by atoms with van der Waals surface area (Å²) in [7, 11) is -3.32. The summed E-state index contributed by atoms with van der Waals surface area (Å²) in [5.74, 6) is 0.354. The average Bonchev–Trinajstić information content (AvgIpc) is 3.16. The number of anilines is 1. The third-order valence-electron chi connectivity index (χ3n) is 5.41. The Balaban J connectivity index is 1.58. The van der Waals surface area contributed by atoms with Crippen LogP contribution < -0.4 is 10.1 Å². The number of hydrogen-bond donors (Lipinski definition) is 1. The van der Waals surface area contributed by atoms with Gasteiger partial charge in [-0.3, -0.25) is 4.79 Å². The highest BCUT2D eigenvalue weighted by Crippen LogP contribution is 2.34. The first-order chi connectivity index (χ1) is 15.9. The summed E-state index contributed by atoms with van der Waals surface area (Å²) >= 11 is 13.4. The van der Waals surface area contributed by atoms with Gasteiger partial charge in [-0.25, -0.2) is 13.4 Å². The number of carbonyl (C=O) groups excluding carboxylic acids is 1. The molecule has 2 aromatic carbocycles. The number of halogens is 2. The van der Waals surface area contributed by atoms with E-state index in [1.807, 2.05) is 12.1 Å². The first kappa shape index (κ1) is 24.5. The number of ether oxygens (including phenoxy) is 1. The molecule has 0 atom stereocenters. The van der Waals surface area contributed by atoms with Gasteiger partial charge in [0.25, 0.3) is 5.91 Å². The number of thiophene rings is 1. The zero-order valence-corrected chi connectivity index (χ0v) is 21.6. The summed E-state index contributed by atoms with van der Waals surface area (Å²) in [6.45, 7) is 3.33. The molecule has 0 unspecified atom stereocenters. The van der Waals surface area contributed by atoms with Gasteiger partial charge in [-0.15, -0.1) is 11.3 Å². The van der Waals surface area contributed by atoms with Crippen LogP contribution in [0.2, 0.25) is 10.2 Å². The fraction of sp³-hybridized carbons (Fsp3) is 0.167. The molecule has 1 amide bonds. The quantitative estimate of drug-likeness (QED) is 0.271. The number of aromatic nitrogens is 1. The van der Waals surface area contributed by atoms with Crippen molar-refractivity contribution in [1.82, 2.24) is 4.98 Å². The highest BCUT2D eigenvalue weighted by atomic mass is 35.5. The van der Waals surface area contributed by atoms with Gasteiger partial charge in [0.2, 0.25) is 5.88 Å². The highest BCUT2D eigenvalue weighted by Gasteiger charge is 2.32. The monoisotopic (exact) mass is 534 g/mol. The molecule has 0 aliphatic heterocycles. The van der Waals surface area contributed by atoms with E-state index in [4.69, 9.17) is 27.9 Å². The van der Waals surface area contributed by atoms with Crippen molar-refractivity contribution in [2.45, 2.75) is 18.6 Å². The van der Waals surface area contributed by atoms with Crippen LogP contribution in [0.5, 0.6) is 11.6 Å². The molecular weight excluding hydrogens is 515 g/mol. The lowest BCUT2D eigenvalue weighted by atomic mass is 10.0. The zero-order chi connectivity index (χ0) is 24.7. The van der Waals surface area contributed by atoms with E-state index in [2.05, 4.69) is 10.3 Å². The standard InChI is InChI=1S/C24H20Cl2N2O4S2/c1-24(2,34(3,30)31)15-7-8-19-14(9-15)10-20(33-19)23(29)27-17-12-21(26)28-22(13-17)32-18-6-4-5-16(25)11-18/h4-13H,1-3H3,(H,27,28,29). The van der Waals surface area contributed by atoms with Crippen molar-refractivity contribution in [3.63, 3.8) is 0 Å². The number of carbonyl (C=O) groups is 1. The summed E-state index contributed by atoms with van der Waals surface area (Å²) in [6, 6.07) is 17.1. The predicted molar refractivity (Wildman–Crippen MR) is 138 cm³/mol. The summed E-state index contributed by atoms with van der Waals surface area (Å²) < 4.78 is 29.9. The van der Waals surface area contributed by atoms with Gasteiger partial charge in [0.15, 0.2) is 9.84 Å². The van der Waals surface area contributed by atoms with Crippen molar-refractivity contribution in [1.29, 1.82) is 0 Å². The molecule has 2 aromatic heterocycles. The molecule has 10 heteroatoms. The molecule has 0 aliphatic rings. The molecule has 1 N–H and O–H groups in total. The summed E-state index contributed by atoms with van der Waals surface area (Å²) in [5.41, 5.74) is 1.08. The van der Waals surface area contributed by atoms with E-state index in [0.717, 1.165) is 10.1 Å².